The minimum absolute atomic E-state index is 0.0211. The molecule has 0 aromatic heterocycles. The van der Waals surface area contributed by atoms with E-state index < -0.39 is 63.5 Å². The number of benzene rings is 2. The van der Waals surface area contributed by atoms with Crippen molar-refractivity contribution in [3.05, 3.63) is 82.8 Å². The van der Waals surface area contributed by atoms with Crippen molar-refractivity contribution in [3.63, 3.8) is 0 Å². The van der Waals surface area contributed by atoms with Crippen LogP contribution in [0.2, 0.25) is 0 Å². The van der Waals surface area contributed by atoms with E-state index in [-0.39, 0.29) is 29.2 Å². The molecule has 2 aromatic carbocycles. The lowest BCUT2D eigenvalue weighted by Crippen LogP contribution is -2.54. The molecule has 0 N–H and O–H groups in total. The van der Waals surface area contributed by atoms with Gasteiger partial charge in [0.05, 0.1) is 43.3 Å². The predicted octanol–water partition coefficient (Wildman–Crippen LogP) is 5.74. The number of urea groups is 1. The molecule has 2 aliphatic rings. The van der Waals surface area contributed by atoms with E-state index in [2.05, 4.69) is 0 Å². The fourth-order valence-electron chi connectivity index (χ4n) is 5.20. The molecule has 1 saturated heterocycles. The first-order valence-corrected chi connectivity index (χ1v) is 14.7. The second-order valence-electron chi connectivity index (χ2n) is 9.98. The Bertz CT molecular complexity index is 1510. The fraction of sp³-hybridized carbons (Fsp3) is 0.393. The number of ether oxygens (including phenoxy) is 2. The summed E-state index contributed by atoms with van der Waals surface area (Å²) >= 11 is 0. The summed E-state index contributed by atoms with van der Waals surface area (Å²) in [6, 6.07) is 7.44. The third-order valence-corrected chi connectivity index (χ3v) is 8.08. The summed E-state index contributed by atoms with van der Waals surface area (Å²) in [5, 5.41) is 0. The summed E-state index contributed by atoms with van der Waals surface area (Å²) in [4.78, 5) is 15.9. The summed E-state index contributed by atoms with van der Waals surface area (Å²) in [6.07, 6.45) is -5.37. The Morgan fingerprint density at radius 2 is 1.80 bits per heavy atom. The minimum Gasteiger partial charge on any atom is -0.493 e. The molecule has 41 heavy (non-hydrogen) atoms. The zero-order chi connectivity index (χ0) is 30.3. The monoisotopic (exact) mass is 600 g/mol. The highest BCUT2D eigenvalue weighted by Crippen LogP contribution is 2.50. The standard InChI is InChI=1S/C28H29F5N2O5S/c1-5-40-23-12-17(10-11-22(23)39-3)21(16-41(4,37)38)35-26(36)34(15-18-8-6-7-9-20(18)29)25-14-19(28(31,32)33)13-24(30)27(25,35)2/h6-14,21,24H,5,15-16H2,1-4H3/t21-,24?,27?/m1/s1. The molecule has 7 nitrogen and oxygen atoms in total. The number of rotatable bonds is 9. The van der Waals surface area contributed by atoms with Crippen molar-refractivity contribution in [1.29, 1.82) is 0 Å². The highest BCUT2D eigenvalue weighted by molar-refractivity contribution is 7.90. The van der Waals surface area contributed by atoms with Crippen LogP contribution in [0.3, 0.4) is 0 Å². The number of carbonyl (C=O) groups is 1. The second-order valence-corrected chi connectivity index (χ2v) is 12.2. The van der Waals surface area contributed by atoms with Crippen LogP contribution in [0.1, 0.15) is 31.0 Å². The van der Waals surface area contributed by atoms with Crippen LogP contribution >= 0.6 is 0 Å². The number of alkyl halides is 4. The van der Waals surface area contributed by atoms with E-state index in [1.165, 1.54) is 50.4 Å². The maximum absolute atomic E-state index is 16.0. The van der Waals surface area contributed by atoms with Crippen LogP contribution in [-0.4, -0.2) is 67.9 Å². The van der Waals surface area contributed by atoms with E-state index in [1.54, 1.807) is 6.92 Å². The molecular formula is C28H29F5N2O5S. The van der Waals surface area contributed by atoms with Crippen molar-refractivity contribution >= 4 is 15.9 Å². The molecule has 0 bridgehead atoms. The van der Waals surface area contributed by atoms with E-state index in [9.17, 15) is 30.8 Å². The molecule has 3 atom stereocenters. The van der Waals surface area contributed by atoms with Gasteiger partial charge in [0.2, 0.25) is 0 Å². The largest absolute Gasteiger partial charge is 0.493 e. The first-order valence-electron chi connectivity index (χ1n) is 12.6. The van der Waals surface area contributed by atoms with Crippen LogP contribution in [0.4, 0.5) is 26.7 Å². The molecule has 13 heteroatoms. The Kier molecular flexibility index (Phi) is 8.14. The summed E-state index contributed by atoms with van der Waals surface area (Å²) in [5.74, 6) is -0.866. The number of hydrogen-bond donors (Lipinski definition) is 0. The number of halogens is 5. The molecule has 222 valence electrons. The van der Waals surface area contributed by atoms with Crippen LogP contribution in [0.25, 0.3) is 0 Å². The van der Waals surface area contributed by atoms with E-state index in [0.29, 0.717) is 17.9 Å². The average molecular weight is 601 g/mol. The molecule has 0 saturated carbocycles. The summed E-state index contributed by atoms with van der Waals surface area (Å²) in [6.45, 7) is 2.65. The van der Waals surface area contributed by atoms with Crippen molar-refractivity contribution in [2.45, 2.75) is 44.3 Å². The van der Waals surface area contributed by atoms with Gasteiger partial charge in [0.15, 0.2) is 11.5 Å². The number of sulfone groups is 1. The Hall–Kier alpha value is -3.61. The van der Waals surface area contributed by atoms with Crippen molar-refractivity contribution in [2.75, 3.05) is 25.7 Å². The van der Waals surface area contributed by atoms with Crippen molar-refractivity contribution < 1.29 is 44.6 Å². The lowest BCUT2D eigenvalue weighted by Gasteiger charge is -2.42. The number of nitrogens with zero attached hydrogens (tertiary/aromatic N) is 2. The molecule has 1 aliphatic heterocycles. The number of hydrogen-bond acceptors (Lipinski definition) is 5. The first-order chi connectivity index (χ1) is 19.1. The normalized spacial score (nSPS) is 21.8. The summed E-state index contributed by atoms with van der Waals surface area (Å²) in [7, 11) is -2.46. The molecule has 0 spiro atoms. The van der Waals surface area contributed by atoms with Gasteiger partial charge in [-0.15, -0.1) is 0 Å². The van der Waals surface area contributed by atoms with Crippen molar-refractivity contribution in [2.24, 2.45) is 0 Å². The Balaban J connectivity index is 1.94. The number of methoxy groups -OCH3 is 1. The molecule has 2 aromatic rings. The first kappa shape index (κ1) is 30.4. The molecule has 2 unspecified atom stereocenters. The highest BCUT2D eigenvalue weighted by Gasteiger charge is 2.60. The SMILES string of the molecule is CCOc1cc([C@@H](CS(C)(=O)=O)N2C(=O)N(Cc3ccccc3F)C3=CC(C(F)(F)F)=CC(F)C32C)ccc1OC. The van der Waals surface area contributed by atoms with E-state index in [4.69, 9.17) is 9.47 Å². The van der Waals surface area contributed by atoms with Gasteiger partial charge >= 0.3 is 12.2 Å². The maximum Gasteiger partial charge on any atom is 0.416 e. The molecule has 2 amide bonds. The predicted molar refractivity (Wildman–Crippen MR) is 141 cm³/mol. The van der Waals surface area contributed by atoms with Gasteiger partial charge in [-0.1, -0.05) is 24.3 Å². The zero-order valence-corrected chi connectivity index (χ0v) is 23.5. The molecular weight excluding hydrogens is 571 g/mol. The third-order valence-electron chi connectivity index (χ3n) is 7.16. The quantitative estimate of drug-likeness (QED) is 0.343. The molecule has 1 aliphatic carbocycles. The van der Waals surface area contributed by atoms with Gasteiger partial charge in [0.1, 0.15) is 27.4 Å². The third kappa shape index (κ3) is 5.77. The zero-order valence-electron chi connectivity index (χ0n) is 22.7. The Morgan fingerprint density at radius 3 is 2.39 bits per heavy atom. The topological polar surface area (TPSA) is 76.2 Å². The molecule has 4 rings (SSSR count). The molecule has 0 radical (unpaired) electrons. The second kappa shape index (κ2) is 11.0. The van der Waals surface area contributed by atoms with Crippen LogP contribution in [0, 0.1) is 5.82 Å². The van der Waals surface area contributed by atoms with Gasteiger partial charge in [-0.05, 0) is 49.8 Å². The van der Waals surface area contributed by atoms with Gasteiger partial charge in [0, 0.05) is 11.8 Å². The van der Waals surface area contributed by atoms with Gasteiger partial charge in [-0.3, -0.25) is 4.90 Å². The Labute approximate surface area is 234 Å². The van der Waals surface area contributed by atoms with Crippen LogP contribution in [0.15, 0.2) is 65.9 Å². The van der Waals surface area contributed by atoms with Gasteiger partial charge in [-0.2, -0.15) is 13.2 Å². The number of amides is 2. The van der Waals surface area contributed by atoms with E-state index in [1.807, 2.05) is 0 Å². The van der Waals surface area contributed by atoms with Crippen LogP contribution in [0.5, 0.6) is 11.5 Å². The summed E-state index contributed by atoms with van der Waals surface area (Å²) in [5.41, 5.74) is -3.55. The molecule has 1 fully saturated rings. The number of carbonyl (C=O) groups excluding carboxylic acids is 1. The van der Waals surface area contributed by atoms with Gasteiger partial charge < -0.3 is 14.4 Å². The Morgan fingerprint density at radius 1 is 1.12 bits per heavy atom. The lowest BCUT2D eigenvalue weighted by molar-refractivity contribution is -0.0899. The van der Waals surface area contributed by atoms with Crippen LogP contribution in [-0.2, 0) is 16.4 Å². The number of allylic oxidation sites excluding steroid dienone is 2. The van der Waals surface area contributed by atoms with E-state index in [0.717, 1.165) is 22.1 Å². The fourth-order valence-corrected chi connectivity index (χ4v) is 6.12. The van der Waals surface area contributed by atoms with Gasteiger partial charge in [-0.25, -0.2) is 22.0 Å². The minimum atomic E-state index is -4.94. The van der Waals surface area contributed by atoms with Crippen molar-refractivity contribution in [3.8, 4) is 11.5 Å². The summed E-state index contributed by atoms with van der Waals surface area (Å²) < 4.78 is 108. The maximum atomic E-state index is 16.0. The van der Waals surface area contributed by atoms with Crippen molar-refractivity contribution in [1.82, 2.24) is 9.80 Å². The highest BCUT2D eigenvalue weighted by atomic mass is 32.2. The smallest absolute Gasteiger partial charge is 0.416 e. The van der Waals surface area contributed by atoms with Crippen LogP contribution < -0.4 is 9.47 Å². The van der Waals surface area contributed by atoms with Gasteiger partial charge in [0.25, 0.3) is 0 Å². The number of fused-ring (bicyclic) bond motifs is 1. The lowest BCUT2D eigenvalue weighted by atomic mass is 9.83. The average Bonchev–Trinajstić information content (AvgIpc) is 3.09. The van der Waals surface area contributed by atoms with E-state index >= 15 is 4.39 Å². The molecule has 1 heterocycles.